The SMILES string of the molecule is Cc1nc2c(F)c(-c3cccc(Cl)c3Cl)c(CCC#N)cc2c2c1cc(C1CC(OC3CCCC3)CN1C(=O)C1CC1)n2C1C2CNC1C2. The topological polar surface area (TPSA) is 83.2 Å². The van der Waals surface area contributed by atoms with Gasteiger partial charge in [-0.1, -0.05) is 48.2 Å². The first-order valence-corrected chi connectivity index (χ1v) is 18.7. The molecule has 0 spiro atoms. The van der Waals surface area contributed by atoms with E-state index in [4.69, 9.17) is 32.9 Å². The van der Waals surface area contributed by atoms with Crippen LogP contribution in [0.1, 0.15) is 86.8 Å². The minimum atomic E-state index is -0.458. The van der Waals surface area contributed by atoms with E-state index >= 15 is 4.39 Å². The van der Waals surface area contributed by atoms with Crippen LogP contribution in [0.5, 0.6) is 0 Å². The highest BCUT2D eigenvalue weighted by Gasteiger charge is 2.51. The van der Waals surface area contributed by atoms with Gasteiger partial charge in [0, 0.05) is 71.2 Å². The number of hydrogen-bond acceptors (Lipinski definition) is 5. The first kappa shape index (κ1) is 31.7. The third-order valence-corrected chi connectivity index (χ3v) is 12.8. The first-order chi connectivity index (χ1) is 23.8. The Bertz CT molecular complexity index is 2030. The van der Waals surface area contributed by atoms with Crippen LogP contribution >= 0.6 is 23.2 Å². The van der Waals surface area contributed by atoms with Gasteiger partial charge < -0.3 is 19.5 Å². The van der Waals surface area contributed by atoms with Crippen molar-refractivity contribution < 1.29 is 13.9 Å². The molecule has 254 valence electrons. The molecule has 4 aromatic rings. The Morgan fingerprint density at radius 3 is 2.65 bits per heavy atom. The maximum atomic E-state index is 17.1. The molecule has 5 unspecified atom stereocenters. The van der Waals surface area contributed by atoms with E-state index < -0.39 is 5.82 Å². The summed E-state index contributed by atoms with van der Waals surface area (Å²) in [4.78, 5) is 21.0. The van der Waals surface area contributed by atoms with Crippen LogP contribution in [0.25, 0.3) is 32.9 Å². The lowest BCUT2D eigenvalue weighted by Gasteiger charge is -2.39. The zero-order valence-corrected chi connectivity index (χ0v) is 29.2. The molecule has 3 aliphatic heterocycles. The predicted molar refractivity (Wildman–Crippen MR) is 189 cm³/mol. The molecule has 10 heteroatoms. The molecule has 3 saturated heterocycles. The number of ether oxygens (including phenoxy) is 1. The van der Waals surface area contributed by atoms with Crippen molar-refractivity contribution in [1.82, 2.24) is 19.8 Å². The fraction of sp³-hybridized carbons (Fsp3) is 0.513. The zero-order chi connectivity index (χ0) is 33.6. The van der Waals surface area contributed by atoms with Crippen LogP contribution in [0.15, 0.2) is 30.3 Å². The van der Waals surface area contributed by atoms with E-state index in [9.17, 15) is 10.1 Å². The van der Waals surface area contributed by atoms with Gasteiger partial charge in [0.25, 0.3) is 0 Å². The van der Waals surface area contributed by atoms with Crippen LogP contribution in [0, 0.1) is 35.9 Å². The molecule has 1 amide bonds. The number of nitrogens with zero attached hydrogens (tertiary/aromatic N) is 4. The predicted octanol–water partition coefficient (Wildman–Crippen LogP) is 8.61. The molecule has 6 fully saturated rings. The van der Waals surface area contributed by atoms with Crippen LogP contribution in [0.4, 0.5) is 4.39 Å². The summed E-state index contributed by atoms with van der Waals surface area (Å²) in [5, 5.41) is 15.6. The van der Waals surface area contributed by atoms with Gasteiger partial charge in [-0.2, -0.15) is 5.26 Å². The molecule has 5 atom stereocenters. The molecule has 7 nitrogen and oxygen atoms in total. The number of amides is 1. The highest BCUT2D eigenvalue weighted by atomic mass is 35.5. The lowest BCUT2D eigenvalue weighted by Crippen LogP contribution is -2.41. The number of aryl methyl sites for hydroxylation is 2. The fourth-order valence-electron chi connectivity index (χ4n) is 9.38. The average molecular weight is 701 g/mol. The summed E-state index contributed by atoms with van der Waals surface area (Å²) < 4.78 is 26.3. The van der Waals surface area contributed by atoms with Crippen molar-refractivity contribution in [3.05, 3.63) is 63.1 Å². The van der Waals surface area contributed by atoms with E-state index in [1.807, 2.05) is 13.0 Å². The number of aromatic nitrogens is 2. The monoisotopic (exact) mass is 699 g/mol. The third-order valence-electron chi connectivity index (χ3n) is 11.9. The minimum absolute atomic E-state index is 0.00509. The summed E-state index contributed by atoms with van der Waals surface area (Å²) in [5.74, 6) is 0.335. The zero-order valence-electron chi connectivity index (χ0n) is 27.7. The van der Waals surface area contributed by atoms with Crippen molar-refractivity contribution in [2.75, 3.05) is 13.1 Å². The van der Waals surface area contributed by atoms with Crippen LogP contribution in [-0.2, 0) is 16.0 Å². The number of nitriles is 1. The largest absolute Gasteiger partial charge is 0.373 e. The number of carbonyl (C=O) groups is 1. The van der Waals surface area contributed by atoms with Gasteiger partial charge in [0.15, 0.2) is 5.82 Å². The summed E-state index contributed by atoms with van der Waals surface area (Å²) >= 11 is 13.1. The molecule has 2 bridgehead atoms. The maximum absolute atomic E-state index is 17.1. The smallest absolute Gasteiger partial charge is 0.226 e. The van der Waals surface area contributed by atoms with Crippen LogP contribution in [-0.4, -0.2) is 51.7 Å². The lowest BCUT2D eigenvalue weighted by molar-refractivity contribution is -0.134. The van der Waals surface area contributed by atoms with Crippen molar-refractivity contribution in [3.8, 4) is 17.2 Å². The lowest BCUT2D eigenvalue weighted by atomic mass is 9.79. The van der Waals surface area contributed by atoms with Gasteiger partial charge in [-0.25, -0.2) is 9.37 Å². The number of rotatable bonds is 8. The fourth-order valence-corrected chi connectivity index (χ4v) is 9.77. The summed E-state index contributed by atoms with van der Waals surface area (Å²) in [7, 11) is 0. The molecule has 3 saturated carbocycles. The molecule has 1 N–H and O–H groups in total. The van der Waals surface area contributed by atoms with Gasteiger partial charge in [0.2, 0.25) is 5.91 Å². The maximum Gasteiger partial charge on any atom is 0.226 e. The third kappa shape index (κ3) is 5.18. The number of hydrogen-bond donors (Lipinski definition) is 1. The Labute approximate surface area is 295 Å². The van der Waals surface area contributed by atoms with E-state index in [0.717, 1.165) is 72.7 Å². The molecule has 2 aromatic carbocycles. The van der Waals surface area contributed by atoms with E-state index in [1.165, 1.54) is 12.8 Å². The second-order valence-corrected chi connectivity index (χ2v) is 15.7. The Morgan fingerprint density at radius 2 is 1.94 bits per heavy atom. The number of nitrogens with one attached hydrogen (secondary N) is 1. The number of benzene rings is 2. The van der Waals surface area contributed by atoms with Crippen molar-refractivity contribution in [2.24, 2.45) is 11.8 Å². The van der Waals surface area contributed by atoms with Crippen molar-refractivity contribution in [2.45, 2.75) is 101 Å². The molecule has 49 heavy (non-hydrogen) atoms. The summed E-state index contributed by atoms with van der Waals surface area (Å²) in [5.41, 5.74) is 4.61. The minimum Gasteiger partial charge on any atom is -0.373 e. The Kier molecular flexibility index (Phi) is 7.92. The van der Waals surface area contributed by atoms with Crippen LogP contribution in [0.2, 0.25) is 10.0 Å². The van der Waals surface area contributed by atoms with E-state index in [-0.39, 0.29) is 53.1 Å². The Hall–Kier alpha value is -3.22. The van der Waals surface area contributed by atoms with Gasteiger partial charge >= 0.3 is 0 Å². The number of pyridine rings is 1. The summed E-state index contributed by atoms with van der Waals surface area (Å²) in [6.07, 6.45) is 9.20. The van der Waals surface area contributed by atoms with E-state index in [2.05, 4.69) is 26.9 Å². The molecule has 3 aliphatic carbocycles. The summed E-state index contributed by atoms with van der Waals surface area (Å²) in [6.45, 7) is 3.51. The van der Waals surface area contributed by atoms with E-state index in [0.29, 0.717) is 46.6 Å². The quantitative estimate of drug-likeness (QED) is 0.199. The van der Waals surface area contributed by atoms with Gasteiger partial charge in [-0.3, -0.25) is 4.79 Å². The van der Waals surface area contributed by atoms with Gasteiger partial charge in [0.1, 0.15) is 5.52 Å². The standard InChI is InChI=1S/C39H40Cl2FN5O2/c1-20-27-17-32(31-16-25(49-24-7-2-3-8-24)19-46(31)39(48)21-11-12-21)47(37-23-15-30(37)44-18-23)38(27)28-14-22(6-5-13-43)33(35(42)36(28)45-20)26-9-4-10-29(40)34(26)41/h4,9-10,14,17,21,23-25,30-31,37,44H,2-3,5-8,11-12,15-16,18-19H2,1H3. The van der Waals surface area contributed by atoms with Crippen molar-refractivity contribution in [3.63, 3.8) is 0 Å². The van der Waals surface area contributed by atoms with Gasteiger partial charge in [-0.15, -0.1) is 0 Å². The normalized spacial score (nSPS) is 26.6. The molecule has 6 aliphatic rings. The average Bonchev–Trinajstić information content (AvgIpc) is 3.59. The number of fused-ring (bicyclic) bond motifs is 4. The Balaban J connectivity index is 1.26. The Morgan fingerprint density at radius 1 is 1.12 bits per heavy atom. The molecule has 0 radical (unpaired) electrons. The van der Waals surface area contributed by atoms with Gasteiger partial charge in [0.05, 0.1) is 45.9 Å². The first-order valence-electron chi connectivity index (χ1n) is 18.0. The summed E-state index contributed by atoms with van der Waals surface area (Å²) in [6, 6.07) is 12.1. The highest BCUT2D eigenvalue weighted by molar-refractivity contribution is 6.43. The molecule has 5 heterocycles. The molecular formula is C39H40Cl2FN5O2. The van der Waals surface area contributed by atoms with Crippen LogP contribution in [0.3, 0.4) is 0 Å². The van der Waals surface area contributed by atoms with Crippen LogP contribution < -0.4 is 5.32 Å². The number of likely N-dealkylation sites (tertiary alicyclic amines) is 1. The molecule has 2 aromatic heterocycles. The van der Waals surface area contributed by atoms with Crippen molar-refractivity contribution in [1.29, 1.82) is 5.26 Å². The van der Waals surface area contributed by atoms with Crippen molar-refractivity contribution >= 4 is 50.9 Å². The van der Waals surface area contributed by atoms with Gasteiger partial charge in [-0.05, 0) is 75.1 Å². The second kappa shape index (κ2) is 12.2. The number of carbonyl (C=O) groups excluding carboxylic acids is 1. The molecule has 10 rings (SSSR count). The molecular weight excluding hydrogens is 660 g/mol. The van der Waals surface area contributed by atoms with E-state index in [1.54, 1.807) is 18.2 Å². The highest BCUT2D eigenvalue weighted by Crippen LogP contribution is 2.51. The number of halogens is 3. The second-order valence-electron chi connectivity index (χ2n) is 15.0.